The lowest BCUT2D eigenvalue weighted by atomic mass is 10.4. The molecule has 1 heterocycles. The smallest absolute Gasteiger partial charge is 0.221 e. The highest BCUT2D eigenvalue weighted by atomic mass is 16.5. The predicted molar refractivity (Wildman–Crippen MR) is 56.4 cm³/mol. The van der Waals surface area contributed by atoms with Gasteiger partial charge >= 0.3 is 0 Å². The van der Waals surface area contributed by atoms with E-state index < -0.39 is 0 Å². The first-order valence-electron chi connectivity index (χ1n) is 4.50. The van der Waals surface area contributed by atoms with E-state index in [9.17, 15) is 4.79 Å². The number of methoxy groups -OCH3 is 1. The van der Waals surface area contributed by atoms with Crippen LogP contribution in [0, 0.1) is 0 Å². The minimum Gasteiger partial charge on any atom is -0.481 e. The molecule has 1 amide bonds. The van der Waals surface area contributed by atoms with Gasteiger partial charge in [0.15, 0.2) is 0 Å². The first-order chi connectivity index (χ1) is 6.72. The molecule has 0 aliphatic carbocycles. The fourth-order valence-corrected chi connectivity index (χ4v) is 0.778. The number of amides is 1. The van der Waals surface area contributed by atoms with E-state index in [0.717, 1.165) is 0 Å². The van der Waals surface area contributed by atoms with Crippen LogP contribution in [-0.4, -0.2) is 18.0 Å². The Morgan fingerprint density at radius 1 is 1.43 bits per heavy atom. The van der Waals surface area contributed by atoms with Gasteiger partial charge in [-0.05, 0) is 6.07 Å². The van der Waals surface area contributed by atoms with Gasteiger partial charge in [0.05, 0.1) is 19.0 Å². The second kappa shape index (κ2) is 6.88. The monoisotopic (exact) mass is 196 g/mol. The number of nitrogens with one attached hydrogen (secondary N) is 1. The summed E-state index contributed by atoms with van der Waals surface area (Å²) in [6.45, 7) is 5.45. The van der Waals surface area contributed by atoms with Crippen LogP contribution in [0.3, 0.4) is 0 Å². The van der Waals surface area contributed by atoms with Crippen molar-refractivity contribution in [3.05, 3.63) is 18.3 Å². The Morgan fingerprint density at radius 3 is 2.43 bits per heavy atom. The standard InChI is InChI=1S/C8H10N2O2.C2H6/c1-6(11)10-7-3-4-8(12-2)9-5-7;1-2/h3-5H,1-2H3,(H,10,11);1-2H3. The van der Waals surface area contributed by atoms with Crippen molar-refractivity contribution in [1.82, 2.24) is 4.98 Å². The van der Waals surface area contributed by atoms with Crippen LogP contribution in [0.25, 0.3) is 0 Å². The Bertz CT molecular complexity index is 270. The summed E-state index contributed by atoms with van der Waals surface area (Å²) in [5.74, 6) is 0.422. The Labute approximate surface area is 84.3 Å². The van der Waals surface area contributed by atoms with Crippen LogP contribution in [0.4, 0.5) is 5.69 Å². The average molecular weight is 196 g/mol. The Kier molecular flexibility index (Phi) is 6.11. The fourth-order valence-electron chi connectivity index (χ4n) is 0.778. The number of aromatic nitrogens is 1. The van der Waals surface area contributed by atoms with Crippen LogP contribution in [0.1, 0.15) is 20.8 Å². The second-order valence-corrected chi connectivity index (χ2v) is 2.27. The first kappa shape index (κ1) is 12.4. The van der Waals surface area contributed by atoms with Gasteiger partial charge in [-0.1, -0.05) is 13.8 Å². The maximum Gasteiger partial charge on any atom is 0.221 e. The molecule has 1 rings (SSSR count). The fraction of sp³-hybridized carbons (Fsp3) is 0.400. The maximum atomic E-state index is 10.6. The van der Waals surface area contributed by atoms with Crippen molar-refractivity contribution < 1.29 is 9.53 Å². The molecule has 0 bridgehead atoms. The number of rotatable bonds is 2. The van der Waals surface area contributed by atoms with E-state index in [4.69, 9.17) is 4.74 Å². The lowest BCUT2D eigenvalue weighted by molar-refractivity contribution is -0.114. The molecule has 4 nitrogen and oxygen atoms in total. The molecule has 0 aliphatic rings. The van der Waals surface area contributed by atoms with E-state index in [0.29, 0.717) is 11.6 Å². The highest BCUT2D eigenvalue weighted by molar-refractivity contribution is 5.88. The van der Waals surface area contributed by atoms with E-state index in [1.165, 1.54) is 6.92 Å². The van der Waals surface area contributed by atoms with Crippen LogP contribution < -0.4 is 10.1 Å². The van der Waals surface area contributed by atoms with Crippen molar-refractivity contribution >= 4 is 11.6 Å². The molecule has 0 fully saturated rings. The minimum atomic E-state index is -0.109. The third-order valence-electron chi connectivity index (χ3n) is 1.27. The van der Waals surface area contributed by atoms with Gasteiger partial charge in [-0.25, -0.2) is 4.98 Å². The van der Waals surface area contributed by atoms with Crippen molar-refractivity contribution in [3.8, 4) is 5.88 Å². The average Bonchev–Trinajstić information content (AvgIpc) is 2.21. The summed E-state index contributed by atoms with van der Waals surface area (Å²) in [5.41, 5.74) is 0.670. The maximum absolute atomic E-state index is 10.6. The highest BCUT2D eigenvalue weighted by Crippen LogP contribution is 2.10. The number of anilines is 1. The quantitative estimate of drug-likeness (QED) is 0.787. The number of hydrogen-bond donors (Lipinski definition) is 1. The molecule has 0 radical (unpaired) electrons. The molecule has 1 N–H and O–H groups in total. The summed E-state index contributed by atoms with van der Waals surface area (Å²) >= 11 is 0. The number of carbonyl (C=O) groups excluding carboxylic acids is 1. The lowest BCUT2D eigenvalue weighted by Crippen LogP contribution is -2.05. The van der Waals surface area contributed by atoms with Gasteiger partial charge in [-0.3, -0.25) is 4.79 Å². The van der Waals surface area contributed by atoms with E-state index in [-0.39, 0.29) is 5.91 Å². The molecule has 78 valence electrons. The van der Waals surface area contributed by atoms with E-state index >= 15 is 0 Å². The summed E-state index contributed by atoms with van der Waals surface area (Å²) in [5, 5.41) is 2.60. The summed E-state index contributed by atoms with van der Waals surface area (Å²) in [6, 6.07) is 3.42. The summed E-state index contributed by atoms with van der Waals surface area (Å²) < 4.78 is 4.85. The SMILES string of the molecule is CC.COc1ccc(NC(C)=O)cn1. The number of ether oxygens (including phenoxy) is 1. The Balaban J connectivity index is 0.000000791. The Hall–Kier alpha value is -1.58. The summed E-state index contributed by atoms with van der Waals surface area (Å²) in [7, 11) is 1.54. The largest absolute Gasteiger partial charge is 0.481 e. The van der Waals surface area contributed by atoms with E-state index in [1.807, 2.05) is 13.8 Å². The molecule has 1 aromatic rings. The molecule has 0 saturated heterocycles. The highest BCUT2D eigenvalue weighted by Gasteiger charge is 1.95. The zero-order valence-corrected chi connectivity index (χ0v) is 9.00. The zero-order chi connectivity index (χ0) is 11.0. The number of hydrogen-bond acceptors (Lipinski definition) is 3. The van der Waals surface area contributed by atoms with Gasteiger partial charge in [0.2, 0.25) is 11.8 Å². The van der Waals surface area contributed by atoms with Gasteiger partial charge < -0.3 is 10.1 Å². The molecule has 14 heavy (non-hydrogen) atoms. The topological polar surface area (TPSA) is 51.2 Å². The molecule has 0 spiro atoms. The number of nitrogens with zero attached hydrogens (tertiary/aromatic N) is 1. The van der Waals surface area contributed by atoms with Crippen molar-refractivity contribution in [1.29, 1.82) is 0 Å². The van der Waals surface area contributed by atoms with Gasteiger partial charge in [-0.15, -0.1) is 0 Å². The van der Waals surface area contributed by atoms with Crippen molar-refractivity contribution in [3.63, 3.8) is 0 Å². The van der Waals surface area contributed by atoms with Crippen LogP contribution in [0.15, 0.2) is 18.3 Å². The normalized spacial score (nSPS) is 8.29. The van der Waals surface area contributed by atoms with E-state index in [1.54, 1.807) is 25.4 Å². The molecule has 1 aromatic heterocycles. The number of pyridine rings is 1. The summed E-state index contributed by atoms with van der Waals surface area (Å²) in [6.07, 6.45) is 1.54. The van der Waals surface area contributed by atoms with Crippen LogP contribution in [0.5, 0.6) is 5.88 Å². The van der Waals surface area contributed by atoms with Gasteiger partial charge in [-0.2, -0.15) is 0 Å². The van der Waals surface area contributed by atoms with Crippen LogP contribution in [0.2, 0.25) is 0 Å². The molecule has 0 unspecified atom stereocenters. The molecule has 4 heteroatoms. The molecule has 0 saturated carbocycles. The minimum absolute atomic E-state index is 0.109. The van der Waals surface area contributed by atoms with Crippen molar-refractivity contribution in [2.75, 3.05) is 12.4 Å². The molecule has 0 atom stereocenters. The zero-order valence-electron chi connectivity index (χ0n) is 9.00. The second-order valence-electron chi connectivity index (χ2n) is 2.27. The molecular formula is C10H16N2O2. The Morgan fingerprint density at radius 2 is 2.07 bits per heavy atom. The van der Waals surface area contributed by atoms with Crippen molar-refractivity contribution in [2.45, 2.75) is 20.8 Å². The first-order valence-corrected chi connectivity index (χ1v) is 4.50. The van der Waals surface area contributed by atoms with Gasteiger partial charge in [0.25, 0.3) is 0 Å². The summed E-state index contributed by atoms with van der Waals surface area (Å²) in [4.78, 5) is 14.5. The van der Waals surface area contributed by atoms with E-state index in [2.05, 4.69) is 10.3 Å². The third kappa shape index (κ3) is 4.45. The molecule has 0 aliphatic heterocycles. The molecular weight excluding hydrogens is 180 g/mol. The predicted octanol–water partition coefficient (Wildman–Crippen LogP) is 2.07. The van der Waals surface area contributed by atoms with Crippen LogP contribution in [-0.2, 0) is 4.79 Å². The van der Waals surface area contributed by atoms with Gasteiger partial charge in [0.1, 0.15) is 0 Å². The van der Waals surface area contributed by atoms with Gasteiger partial charge in [0, 0.05) is 13.0 Å². The number of carbonyl (C=O) groups is 1. The van der Waals surface area contributed by atoms with Crippen molar-refractivity contribution in [2.24, 2.45) is 0 Å². The van der Waals surface area contributed by atoms with Crippen LogP contribution >= 0.6 is 0 Å². The molecule has 0 aromatic carbocycles. The third-order valence-corrected chi connectivity index (χ3v) is 1.27. The lowest BCUT2D eigenvalue weighted by Gasteiger charge is -2.01.